The monoisotopic (exact) mass is 240 g/mol. The Morgan fingerprint density at radius 3 is 2.53 bits per heavy atom. The van der Waals surface area contributed by atoms with Crippen molar-refractivity contribution in [2.24, 2.45) is 0 Å². The van der Waals surface area contributed by atoms with Crippen molar-refractivity contribution in [3.05, 3.63) is 0 Å². The van der Waals surface area contributed by atoms with Crippen molar-refractivity contribution in [3.8, 4) is 0 Å². The van der Waals surface area contributed by atoms with Gasteiger partial charge in [0.15, 0.2) is 0 Å². The molecule has 0 bridgehead atoms. The van der Waals surface area contributed by atoms with E-state index in [9.17, 15) is 0 Å². The summed E-state index contributed by atoms with van der Waals surface area (Å²) in [6, 6.07) is 0.772. The molecule has 2 rings (SSSR count). The second kappa shape index (κ2) is 7.31. The van der Waals surface area contributed by atoms with Gasteiger partial charge in [-0.2, -0.15) is 0 Å². The van der Waals surface area contributed by atoms with Crippen LogP contribution in [0.2, 0.25) is 0 Å². The van der Waals surface area contributed by atoms with Gasteiger partial charge in [0.1, 0.15) is 0 Å². The molecule has 4 heteroatoms. The maximum absolute atomic E-state index is 3.71. The standard InChI is InChI=1S/C13H28N4/c1-16-9-3-13(4-10-16)15-5-2-8-17-11-6-14-7-12-17/h13-15H,2-12H2,1H3. The van der Waals surface area contributed by atoms with Crippen LogP contribution in [0.1, 0.15) is 19.3 Å². The molecule has 0 saturated carbocycles. The number of rotatable bonds is 5. The summed E-state index contributed by atoms with van der Waals surface area (Å²) in [7, 11) is 2.22. The predicted octanol–water partition coefficient (Wildman–Crippen LogP) is -0.0345. The molecule has 0 atom stereocenters. The number of hydrogen-bond acceptors (Lipinski definition) is 4. The average molecular weight is 240 g/mol. The predicted molar refractivity (Wildman–Crippen MR) is 72.4 cm³/mol. The minimum Gasteiger partial charge on any atom is -0.314 e. The highest BCUT2D eigenvalue weighted by Gasteiger charge is 2.15. The number of nitrogens with one attached hydrogen (secondary N) is 2. The smallest absolute Gasteiger partial charge is 0.0107 e. The van der Waals surface area contributed by atoms with Crippen molar-refractivity contribution >= 4 is 0 Å². The highest BCUT2D eigenvalue weighted by molar-refractivity contribution is 4.75. The fraction of sp³-hybridized carbons (Fsp3) is 1.00. The molecule has 0 aromatic carbocycles. The van der Waals surface area contributed by atoms with Crippen LogP contribution in [0, 0.1) is 0 Å². The third-order valence-electron chi connectivity index (χ3n) is 4.01. The molecule has 0 unspecified atom stereocenters. The zero-order valence-corrected chi connectivity index (χ0v) is 11.2. The Morgan fingerprint density at radius 2 is 1.82 bits per heavy atom. The number of piperazine rings is 1. The fourth-order valence-corrected chi connectivity index (χ4v) is 2.76. The molecule has 0 radical (unpaired) electrons. The van der Waals surface area contributed by atoms with E-state index in [0.29, 0.717) is 0 Å². The maximum Gasteiger partial charge on any atom is 0.0107 e. The summed E-state index contributed by atoms with van der Waals surface area (Å²) < 4.78 is 0. The van der Waals surface area contributed by atoms with Crippen LogP contribution in [-0.4, -0.2) is 75.2 Å². The van der Waals surface area contributed by atoms with Crippen LogP contribution in [0.25, 0.3) is 0 Å². The van der Waals surface area contributed by atoms with Crippen LogP contribution < -0.4 is 10.6 Å². The average Bonchev–Trinajstić information content (AvgIpc) is 2.38. The van der Waals surface area contributed by atoms with Gasteiger partial charge in [0.05, 0.1) is 0 Å². The summed E-state index contributed by atoms with van der Waals surface area (Å²) in [5, 5.41) is 7.11. The summed E-state index contributed by atoms with van der Waals surface area (Å²) in [4.78, 5) is 5.01. The quantitative estimate of drug-likeness (QED) is 0.661. The lowest BCUT2D eigenvalue weighted by Gasteiger charge is -2.30. The van der Waals surface area contributed by atoms with E-state index >= 15 is 0 Å². The van der Waals surface area contributed by atoms with E-state index in [1.165, 1.54) is 71.6 Å². The molecule has 2 N–H and O–H groups in total. The zero-order valence-electron chi connectivity index (χ0n) is 11.2. The maximum atomic E-state index is 3.71. The van der Waals surface area contributed by atoms with Gasteiger partial charge in [-0.1, -0.05) is 0 Å². The van der Waals surface area contributed by atoms with E-state index in [0.717, 1.165) is 6.04 Å². The number of piperidine rings is 1. The summed E-state index contributed by atoms with van der Waals surface area (Å²) in [6.07, 6.45) is 3.95. The van der Waals surface area contributed by atoms with Crippen molar-refractivity contribution < 1.29 is 0 Å². The van der Waals surface area contributed by atoms with Gasteiger partial charge >= 0.3 is 0 Å². The molecular formula is C13H28N4. The molecule has 0 aromatic heterocycles. The van der Waals surface area contributed by atoms with E-state index in [1.807, 2.05) is 0 Å². The molecule has 2 aliphatic rings. The summed E-state index contributed by atoms with van der Waals surface area (Å²) in [5.74, 6) is 0. The third-order valence-corrected chi connectivity index (χ3v) is 4.01. The van der Waals surface area contributed by atoms with E-state index in [-0.39, 0.29) is 0 Å². The van der Waals surface area contributed by atoms with Gasteiger partial charge in [0.25, 0.3) is 0 Å². The van der Waals surface area contributed by atoms with Gasteiger partial charge in [-0.15, -0.1) is 0 Å². The second-order valence-electron chi connectivity index (χ2n) is 5.48. The zero-order chi connectivity index (χ0) is 11.9. The fourth-order valence-electron chi connectivity index (χ4n) is 2.76. The Morgan fingerprint density at radius 1 is 1.12 bits per heavy atom. The van der Waals surface area contributed by atoms with Crippen molar-refractivity contribution in [2.45, 2.75) is 25.3 Å². The highest BCUT2D eigenvalue weighted by Crippen LogP contribution is 2.07. The molecule has 0 amide bonds. The number of hydrogen-bond donors (Lipinski definition) is 2. The van der Waals surface area contributed by atoms with Crippen molar-refractivity contribution in [3.63, 3.8) is 0 Å². The Kier molecular flexibility index (Phi) is 5.71. The van der Waals surface area contributed by atoms with Crippen LogP contribution in [-0.2, 0) is 0 Å². The molecule has 100 valence electrons. The normalized spacial score (nSPS) is 25.2. The van der Waals surface area contributed by atoms with Gasteiger partial charge in [-0.3, -0.25) is 0 Å². The van der Waals surface area contributed by atoms with E-state index in [2.05, 4.69) is 27.5 Å². The molecule has 0 aliphatic carbocycles. The minimum atomic E-state index is 0.772. The summed E-state index contributed by atoms with van der Waals surface area (Å²) >= 11 is 0. The van der Waals surface area contributed by atoms with Crippen molar-refractivity contribution in [1.82, 2.24) is 20.4 Å². The summed E-state index contributed by atoms with van der Waals surface area (Å²) in [6.45, 7) is 9.78. The first-order valence-electron chi connectivity index (χ1n) is 7.19. The Balaban J connectivity index is 1.48. The first kappa shape index (κ1) is 13.3. The molecule has 0 spiro atoms. The van der Waals surface area contributed by atoms with Gasteiger partial charge in [0, 0.05) is 32.2 Å². The first-order valence-corrected chi connectivity index (χ1v) is 7.19. The Labute approximate surface area is 106 Å². The van der Waals surface area contributed by atoms with Crippen LogP contribution in [0.5, 0.6) is 0 Å². The molecular weight excluding hydrogens is 212 g/mol. The van der Waals surface area contributed by atoms with Crippen LogP contribution in [0.15, 0.2) is 0 Å². The SMILES string of the molecule is CN1CCC(NCCCN2CCNCC2)CC1. The first-order chi connectivity index (χ1) is 8.34. The van der Waals surface area contributed by atoms with Gasteiger partial charge in [0.2, 0.25) is 0 Å². The van der Waals surface area contributed by atoms with Crippen LogP contribution in [0.4, 0.5) is 0 Å². The molecule has 2 saturated heterocycles. The molecule has 2 aliphatic heterocycles. The lowest BCUT2D eigenvalue weighted by atomic mass is 10.1. The molecule has 2 fully saturated rings. The van der Waals surface area contributed by atoms with Gasteiger partial charge in [-0.25, -0.2) is 0 Å². The van der Waals surface area contributed by atoms with E-state index in [4.69, 9.17) is 0 Å². The number of nitrogens with zero attached hydrogens (tertiary/aromatic N) is 2. The lowest BCUT2D eigenvalue weighted by Crippen LogP contribution is -2.45. The van der Waals surface area contributed by atoms with E-state index in [1.54, 1.807) is 0 Å². The second-order valence-corrected chi connectivity index (χ2v) is 5.48. The molecule has 4 nitrogen and oxygen atoms in total. The summed E-state index contributed by atoms with van der Waals surface area (Å²) in [5.41, 5.74) is 0. The Bertz CT molecular complexity index is 196. The molecule has 17 heavy (non-hydrogen) atoms. The third kappa shape index (κ3) is 4.92. The van der Waals surface area contributed by atoms with Gasteiger partial charge in [-0.05, 0) is 52.5 Å². The van der Waals surface area contributed by atoms with Crippen molar-refractivity contribution in [1.29, 1.82) is 0 Å². The van der Waals surface area contributed by atoms with Crippen molar-refractivity contribution in [2.75, 3.05) is 59.4 Å². The Hall–Kier alpha value is -0.160. The molecule has 0 aromatic rings. The minimum absolute atomic E-state index is 0.772. The highest BCUT2D eigenvalue weighted by atomic mass is 15.2. The topological polar surface area (TPSA) is 30.5 Å². The van der Waals surface area contributed by atoms with Crippen LogP contribution >= 0.6 is 0 Å². The lowest BCUT2D eigenvalue weighted by molar-refractivity contribution is 0.221. The van der Waals surface area contributed by atoms with Crippen LogP contribution in [0.3, 0.4) is 0 Å². The molecule has 2 heterocycles. The van der Waals surface area contributed by atoms with Gasteiger partial charge < -0.3 is 20.4 Å². The largest absolute Gasteiger partial charge is 0.314 e. The number of likely N-dealkylation sites (tertiary alicyclic amines) is 1. The van der Waals surface area contributed by atoms with E-state index < -0.39 is 0 Å².